The van der Waals surface area contributed by atoms with E-state index in [1.807, 2.05) is 7.05 Å². The van der Waals surface area contributed by atoms with E-state index in [-0.39, 0.29) is 75.5 Å². The summed E-state index contributed by atoms with van der Waals surface area (Å²) < 4.78 is 35.5. The summed E-state index contributed by atoms with van der Waals surface area (Å²) in [6.07, 6.45) is 0.310. The number of carboxylic acid groups (broad SMARTS) is 2. The van der Waals surface area contributed by atoms with Crippen LogP contribution in [0.5, 0.6) is 0 Å². The lowest BCUT2D eigenvalue weighted by Crippen LogP contribution is -2.60. The standard InChI is InChI=1S/C79H94N12O16S/c1-91(44-25-45-108(105,106)107,42-23-40-80-78(103)89-62(46-55-26-9-2-10-27-55)71(94)83-53-69(92)82-54-70(93)84-67(76(99)100)51-60-36-19-7-20-37-60)43-24-41-81-79(104)90-66(50-59-34-17-6-18-35-59)75(98)87-64(48-57-30-13-4-14-31-57)73(96)85-63(47-56-28-11-3-12-29-56)72(95)86-65(49-58-32-15-5-16-33-58)74(97)88-68(77(101)102)52-61-38-21-8-22-39-61/h2-22,26-39,62-68H,23-25,40-54H2,1H3,(H13-,80,81,82,83,84,85,86,87,88,89,90,92,93,94,95,96,97,98,99,100,101,102,103,104,105,106,107). The highest BCUT2D eigenvalue weighted by molar-refractivity contribution is 7.85. The van der Waals surface area contributed by atoms with Crippen LogP contribution >= 0.6 is 0 Å². The first-order chi connectivity index (χ1) is 51.8. The van der Waals surface area contributed by atoms with Gasteiger partial charge in [0.2, 0.25) is 41.4 Å². The average Bonchev–Trinajstić information content (AvgIpc) is 0.842. The van der Waals surface area contributed by atoms with E-state index in [1.54, 1.807) is 212 Å². The number of carboxylic acids is 2. The second-order valence-corrected chi connectivity index (χ2v) is 27.9. The van der Waals surface area contributed by atoms with Gasteiger partial charge in [-0.1, -0.05) is 212 Å². The number of nitrogens with zero attached hydrogens (tertiary/aromatic N) is 1. The van der Waals surface area contributed by atoms with E-state index in [0.717, 1.165) is 0 Å². The highest BCUT2D eigenvalue weighted by Gasteiger charge is 2.34. The van der Waals surface area contributed by atoms with Crippen LogP contribution in [0, 0.1) is 0 Å². The summed E-state index contributed by atoms with van der Waals surface area (Å²) in [5, 5.41) is 49.2. The zero-order valence-corrected chi connectivity index (χ0v) is 60.8. The number of benzene rings is 7. The van der Waals surface area contributed by atoms with Gasteiger partial charge in [-0.3, -0.25) is 33.6 Å². The lowest BCUT2D eigenvalue weighted by atomic mass is 10.00. The first kappa shape index (κ1) is 83.5. The number of rotatable bonds is 44. The summed E-state index contributed by atoms with van der Waals surface area (Å²) in [5.41, 5.74) is 4.55. The van der Waals surface area contributed by atoms with Crippen molar-refractivity contribution in [2.45, 2.75) is 107 Å². The molecule has 0 aliphatic heterocycles. The highest BCUT2D eigenvalue weighted by atomic mass is 32.2. The minimum atomic E-state index is -4.59. The number of hydrogen-bond acceptors (Lipinski definition) is 14. The van der Waals surface area contributed by atoms with Gasteiger partial charge < -0.3 is 77.7 Å². The summed E-state index contributed by atoms with van der Waals surface area (Å²) in [6.45, 7) is -0.204. The Balaban J connectivity index is 0.974. The molecule has 28 nitrogen and oxygen atoms in total. The van der Waals surface area contributed by atoms with Gasteiger partial charge in [-0.2, -0.15) is 0 Å². The predicted molar refractivity (Wildman–Crippen MR) is 402 cm³/mol. The zero-order valence-electron chi connectivity index (χ0n) is 59.9. The Morgan fingerprint density at radius 3 is 0.870 bits per heavy atom. The van der Waals surface area contributed by atoms with Crippen molar-refractivity contribution < 1.29 is 80.4 Å². The molecule has 0 spiro atoms. The van der Waals surface area contributed by atoms with Gasteiger partial charge in [0.05, 0.1) is 49.9 Å². The van der Waals surface area contributed by atoms with Gasteiger partial charge in [0.1, 0.15) is 42.3 Å². The Hall–Kier alpha value is -11.8. The molecule has 108 heavy (non-hydrogen) atoms. The highest BCUT2D eigenvalue weighted by Crippen LogP contribution is 2.15. The Labute approximate surface area is 627 Å². The minimum Gasteiger partial charge on any atom is -0.748 e. The van der Waals surface area contributed by atoms with Gasteiger partial charge in [-0.15, -0.1) is 0 Å². The van der Waals surface area contributed by atoms with Crippen LogP contribution in [0.3, 0.4) is 0 Å². The Kier molecular flexibility index (Phi) is 33.7. The van der Waals surface area contributed by atoms with Crippen LogP contribution in [-0.4, -0.2) is 194 Å². The molecule has 0 fully saturated rings. The molecule has 8 unspecified atom stereocenters. The van der Waals surface area contributed by atoms with Crippen molar-refractivity contribution in [2.24, 2.45) is 0 Å². The van der Waals surface area contributed by atoms with Crippen molar-refractivity contribution in [3.8, 4) is 0 Å². The molecule has 29 heteroatoms. The summed E-state index contributed by atoms with van der Waals surface area (Å²) in [6, 6.07) is 50.6. The van der Waals surface area contributed by atoms with Gasteiger partial charge in [0.15, 0.2) is 0 Å². The van der Waals surface area contributed by atoms with Gasteiger partial charge in [-0.05, 0) is 38.9 Å². The molecule has 0 bridgehead atoms. The summed E-state index contributed by atoms with van der Waals surface area (Å²) in [4.78, 5) is 150. The molecule has 0 aliphatic carbocycles. The third-order valence-electron chi connectivity index (χ3n) is 17.7. The van der Waals surface area contributed by atoms with E-state index < -0.39 is 137 Å². The number of urea groups is 2. The topological polar surface area (TPSA) is 418 Å². The van der Waals surface area contributed by atoms with Crippen LogP contribution < -0.4 is 58.5 Å². The van der Waals surface area contributed by atoms with E-state index in [0.29, 0.717) is 64.9 Å². The van der Waals surface area contributed by atoms with Gasteiger partial charge >= 0.3 is 24.0 Å². The van der Waals surface area contributed by atoms with Crippen LogP contribution in [0.4, 0.5) is 9.59 Å². The molecule has 0 saturated heterocycles. The number of carbonyl (C=O) groups is 11. The summed E-state index contributed by atoms with van der Waals surface area (Å²) in [5.74, 6) is -8.60. The van der Waals surface area contributed by atoms with Crippen molar-refractivity contribution >= 4 is 75.5 Å². The smallest absolute Gasteiger partial charge is 0.326 e. The Morgan fingerprint density at radius 2 is 0.574 bits per heavy atom. The quantitative estimate of drug-likeness (QED) is 0.0148. The van der Waals surface area contributed by atoms with Crippen molar-refractivity contribution in [3.63, 3.8) is 0 Å². The van der Waals surface area contributed by atoms with E-state index in [4.69, 9.17) is 0 Å². The van der Waals surface area contributed by atoms with Crippen molar-refractivity contribution in [2.75, 3.05) is 58.6 Å². The summed E-state index contributed by atoms with van der Waals surface area (Å²) >= 11 is 0. The van der Waals surface area contributed by atoms with Crippen molar-refractivity contribution in [1.82, 2.24) is 58.5 Å². The fourth-order valence-corrected chi connectivity index (χ4v) is 12.4. The molecule has 7 rings (SSSR count). The minimum absolute atomic E-state index is 0.00226. The first-order valence-corrected chi connectivity index (χ1v) is 37.1. The lowest BCUT2D eigenvalue weighted by molar-refractivity contribution is -0.909. The van der Waals surface area contributed by atoms with Gasteiger partial charge in [-0.25, -0.2) is 27.6 Å². The van der Waals surface area contributed by atoms with E-state index in [2.05, 4.69) is 58.5 Å². The van der Waals surface area contributed by atoms with Crippen molar-refractivity contribution in [1.29, 1.82) is 0 Å². The molecular formula is C79H94N12O16S. The van der Waals surface area contributed by atoms with E-state index >= 15 is 0 Å². The molecule has 0 aromatic heterocycles. The van der Waals surface area contributed by atoms with Crippen LogP contribution in [0.25, 0.3) is 0 Å². The maximum Gasteiger partial charge on any atom is 0.326 e. The second-order valence-electron chi connectivity index (χ2n) is 26.4. The SMILES string of the molecule is C[N+](CCCNC(=O)NC(Cc1ccccc1)C(=O)NCC(=O)NCC(=O)NC(Cc1ccccc1)C(=O)O)(CCCNC(=O)NC(Cc1ccccc1)C(=O)NC(Cc1ccccc1)C(=O)NC(Cc1ccccc1)C(=O)NC(Cc1ccccc1)C(=O)NC(Cc1ccccc1)C(=O)O)CCCS(=O)(=O)[O-]. The van der Waals surface area contributed by atoms with Gasteiger partial charge in [0.25, 0.3) is 0 Å². The van der Waals surface area contributed by atoms with Crippen LogP contribution in [-0.2, 0) is 98.2 Å². The largest absolute Gasteiger partial charge is 0.748 e. The maximum atomic E-state index is 15.0. The molecule has 8 atom stereocenters. The molecule has 0 aliphatic rings. The second kappa shape index (κ2) is 43.6. The third kappa shape index (κ3) is 31.1. The fraction of sp³-hybridized carbons (Fsp3) is 0.329. The molecule has 11 amide bonds. The molecular weight excluding hydrogens is 1410 g/mol. The fourth-order valence-electron chi connectivity index (χ4n) is 12.0. The molecule has 7 aromatic carbocycles. The third-order valence-corrected chi connectivity index (χ3v) is 18.4. The number of nitrogens with one attached hydrogen (secondary N) is 11. The van der Waals surface area contributed by atoms with E-state index in [9.17, 15) is 75.9 Å². The van der Waals surface area contributed by atoms with Crippen LogP contribution in [0.2, 0.25) is 0 Å². The maximum absolute atomic E-state index is 15.0. The Morgan fingerprint density at radius 1 is 0.324 bits per heavy atom. The molecule has 7 aromatic rings. The molecule has 0 saturated carbocycles. The number of carbonyl (C=O) groups excluding carboxylic acids is 9. The van der Waals surface area contributed by atoms with Gasteiger partial charge in [0, 0.05) is 83.1 Å². The first-order valence-electron chi connectivity index (χ1n) is 35.5. The zero-order chi connectivity index (χ0) is 77.7. The molecule has 0 radical (unpaired) electrons. The normalized spacial score (nSPS) is 13.6. The molecule has 572 valence electrons. The Bertz CT molecular complexity index is 4180. The van der Waals surface area contributed by atoms with Crippen molar-refractivity contribution in [3.05, 3.63) is 251 Å². The predicted octanol–water partition coefficient (Wildman–Crippen LogP) is 3.01. The molecule has 13 N–H and O–H groups in total. The van der Waals surface area contributed by atoms with Crippen LogP contribution in [0.15, 0.2) is 212 Å². The number of quaternary nitrogens is 1. The number of amides is 11. The number of hydrogen-bond donors (Lipinski definition) is 13. The monoisotopic (exact) mass is 1500 g/mol. The lowest BCUT2D eigenvalue weighted by Gasteiger charge is -2.35. The number of aliphatic carboxylic acids is 2. The average molecular weight is 1500 g/mol. The van der Waals surface area contributed by atoms with E-state index in [1.165, 1.54) is 0 Å². The summed E-state index contributed by atoms with van der Waals surface area (Å²) in [7, 11) is -2.76. The molecule has 0 heterocycles. The van der Waals surface area contributed by atoms with Crippen LogP contribution in [0.1, 0.15) is 58.2 Å².